The van der Waals surface area contributed by atoms with Crippen LogP contribution in [-0.4, -0.2) is 16.6 Å². The van der Waals surface area contributed by atoms with Crippen molar-refractivity contribution in [3.63, 3.8) is 0 Å². The topological polar surface area (TPSA) is 49.3 Å². The van der Waals surface area contributed by atoms with E-state index in [1.165, 1.54) is 31.4 Å². The molecule has 130 valence electrons. The molecule has 3 nitrogen and oxygen atoms in total. The molecule has 4 heteroatoms. The summed E-state index contributed by atoms with van der Waals surface area (Å²) in [5.74, 6) is 1.13. The lowest BCUT2D eigenvalue weighted by Crippen LogP contribution is -2.55. The van der Waals surface area contributed by atoms with Crippen LogP contribution in [0.3, 0.4) is 0 Å². The van der Waals surface area contributed by atoms with Gasteiger partial charge in [0.15, 0.2) is 0 Å². The molecule has 2 atom stereocenters. The Balaban J connectivity index is 1.30. The molecule has 0 spiro atoms. The Kier molecular flexibility index (Phi) is 3.91. The maximum absolute atomic E-state index is 12.9. The molecule has 4 saturated carbocycles. The van der Waals surface area contributed by atoms with Crippen LogP contribution in [0.15, 0.2) is 24.3 Å². The van der Waals surface area contributed by atoms with E-state index in [0.29, 0.717) is 24.8 Å². The van der Waals surface area contributed by atoms with Crippen molar-refractivity contribution in [2.24, 2.45) is 17.3 Å². The molecule has 5 rings (SSSR count). The van der Waals surface area contributed by atoms with Gasteiger partial charge in [-0.25, -0.2) is 4.39 Å². The van der Waals surface area contributed by atoms with Crippen LogP contribution in [-0.2, 0) is 11.3 Å². The highest BCUT2D eigenvalue weighted by Gasteiger charge is 2.56. The average molecular weight is 331 g/mol. The first-order valence-corrected chi connectivity index (χ1v) is 9.17. The van der Waals surface area contributed by atoms with Gasteiger partial charge in [0.05, 0.1) is 5.60 Å². The summed E-state index contributed by atoms with van der Waals surface area (Å²) < 4.78 is 12.9. The molecule has 4 aliphatic carbocycles. The smallest absolute Gasteiger partial charge is 0.220 e. The highest BCUT2D eigenvalue weighted by Crippen LogP contribution is 2.63. The van der Waals surface area contributed by atoms with Crippen LogP contribution in [0.2, 0.25) is 0 Å². The van der Waals surface area contributed by atoms with Crippen LogP contribution in [0.4, 0.5) is 4.39 Å². The molecule has 0 aromatic heterocycles. The zero-order chi connectivity index (χ0) is 16.8. The van der Waals surface area contributed by atoms with Crippen molar-refractivity contribution in [1.82, 2.24) is 5.32 Å². The molecule has 24 heavy (non-hydrogen) atoms. The fourth-order valence-electron chi connectivity index (χ4n) is 5.96. The van der Waals surface area contributed by atoms with Crippen LogP contribution < -0.4 is 5.32 Å². The molecule has 0 heterocycles. The van der Waals surface area contributed by atoms with E-state index < -0.39 is 5.60 Å². The molecule has 4 bridgehead atoms. The summed E-state index contributed by atoms with van der Waals surface area (Å²) in [5.41, 5.74) is 0.648. The fourth-order valence-corrected chi connectivity index (χ4v) is 5.96. The Labute approximate surface area is 142 Å². The van der Waals surface area contributed by atoms with Gasteiger partial charge in [-0.3, -0.25) is 4.79 Å². The zero-order valence-electron chi connectivity index (χ0n) is 14.1. The third-order valence-corrected chi connectivity index (χ3v) is 6.44. The molecular weight excluding hydrogens is 305 g/mol. The van der Waals surface area contributed by atoms with Gasteiger partial charge in [-0.05, 0) is 79.9 Å². The number of benzene rings is 1. The maximum Gasteiger partial charge on any atom is 0.220 e. The van der Waals surface area contributed by atoms with E-state index in [2.05, 4.69) is 5.32 Å². The van der Waals surface area contributed by atoms with E-state index in [1.54, 1.807) is 12.1 Å². The van der Waals surface area contributed by atoms with Crippen molar-refractivity contribution in [2.45, 2.75) is 63.5 Å². The number of hydrogen-bond donors (Lipinski definition) is 2. The Bertz CT molecular complexity index is 613. The van der Waals surface area contributed by atoms with Gasteiger partial charge in [0.1, 0.15) is 5.82 Å². The molecule has 2 unspecified atom stereocenters. The molecule has 0 radical (unpaired) electrons. The number of carbonyl (C=O) groups is 1. The number of halogens is 1. The number of nitrogens with one attached hydrogen (secondary N) is 1. The van der Waals surface area contributed by atoms with Gasteiger partial charge < -0.3 is 10.4 Å². The molecular formula is C20H26FNO2. The summed E-state index contributed by atoms with van der Waals surface area (Å²) in [7, 11) is 0. The molecule has 1 aromatic carbocycles. The van der Waals surface area contributed by atoms with Crippen molar-refractivity contribution in [3.05, 3.63) is 35.6 Å². The van der Waals surface area contributed by atoms with Crippen molar-refractivity contribution >= 4 is 5.91 Å². The molecule has 1 aromatic rings. The zero-order valence-corrected chi connectivity index (χ0v) is 14.1. The summed E-state index contributed by atoms with van der Waals surface area (Å²) in [6, 6.07) is 6.23. The summed E-state index contributed by atoms with van der Waals surface area (Å²) in [6.07, 6.45) is 7.91. The van der Waals surface area contributed by atoms with Gasteiger partial charge in [-0.2, -0.15) is 0 Å². The second kappa shape index (κ2) is 5.83. The van der Waals surface area contributed by atoms with E-state index in [0.717, 1.165) is 31.2 Å². The number of carbonyl (C=O) groups excluding carboxylic acids is 1. The minimum absolute atomic E-state index is 0.0575. The Hall–Kier alpha value is -1.42. The lowest BCUT2D eigenvalue weighted by molar-refractivity contribution is -0.167. The van der Waals surface area contributed by atoms with Crippen molar-refractivity contribution in [2.75, 3.05) is 0 Å². The van der Waals surface area contributed by atoms with E-state index in [4.69, 9.17) is 0 Å². The first-order chi connectivity index (χ1) is 11.4. The van der Waals surface area contributed by atoms with Crippen LogP contribution in [0.5, 0.6) is 0 Å². The van der Waals surface area contributed by atoms with Crippen LogP contribution >= 0.6 is 0 Å². The van der Waals surface area contributed by atoms with Gasteiger partial charge in [0.2, 0.25) is 5.91 Å². The van der Waals surface area contributed by atoms with Crippen LogP contribution in [0, 0.1) is 23.1 Å². The highest BCUT2D eigenvalue weighted by atomic mass is 19.1. The molecule has 1 amide bonds. The van der Waals surface area contributed by atoms with E-state index in [9.17, 15) is 14.3 Å². The SMILES string of the molecule is O=C(CCC12CC3CC(CC(O)(C3)C1)C2)NCc1ccc(F)cc1. The van der Waals surface area contributed by atoms with Gasteiger partial charge in [0, 0.05) is 13.0 Å². The molecule has 0 aliphatic heterocycles. The second-order valence-corrected chi connectivity index (χ2v) is 8.59. The maximum atomic E-state index is 12.9. The van der Waals surface area contributed by atoms with Crippen LogP contribution in [0.1, 0.15) is 56.9 Å². The quantitative estimate of drug-likeness (QED) is 0.867. The minimum atomic E-state index is -0.450. The summed E-state index contributed by atoms with van der Waals surface area (Å²) in [4.78, 5) is 12.2. The molecule has 4 aliphatic rings. The number of aliphatic hydroxyl groups is 1. The van der Waals surface area contributed by atoms with E-state index in [1.807, 2.05) is 0 Å². The van der Waals surface area contributed by atoms with Crippen molar-refractivity contribution < 1.29 is 14.3 Å². The lowest BCUT2D eigenvalue weighted by atomic mass is 9.47. The number of amides is 1. The summed E-state index contributed by atoms with van der Waals surface area (Å²) in [5, 5.41) is 13.7. The van der Waals surface area contributed by atoms with E-state index in [-0.39, 0.29) is 17.1 Å². The predicted octanol–water partition coefficient (Wildman–Crippen LogP) is 3.55. The monoisotopic (exact) mass is 331 g/mol. The lowest BCUT2D eigenvalue weighted by Gasteiger charge is -2.60. The second-order valence-electron chi connectivity index (χ2n) is 8.59. The third-order valence-electron chi connectivity index (χ3n) is 6.44. The Morgan fingerprint density at radius 2 is 1.83 bits per heavy atom. The summed E-state index contributed by atoms with van der Waals surface area (Å²) >= 11 is 0. The number of rotatable bonds is 5. The van der Waals surface area contributed by atoms with Gasteiger partial charge in [-0.1, -0.05) is 12.1 Å². The minimum Gasteiger partial charge on any atom is -0.390 e. The van der Waals surface area contributed by atoms with Crippen molar-refractivity contribution in [1.29, 1.82) is 0 Å². The normalized spacial score (nSPS) is 36.8. The standard InChI is InChI=1S/C20H26FNO2/c21-17-3-1-14(2-4-17)12-22-18(23)5-6-19-8-15-7-16(9-19)11-20(24,10-15)13-19/h1-4,15-16,24H,5-13H2,(H,22,23). The van der Waals surface area contributed by atoms with Gasteiger partial charge in [0.25, 0.3) is 0 Å². The highest BCUT2D eigenvalue weighted by molar-refractivity contribution is 5.75. The fraction of sp³-hybridized carbons (Fsp3) is 0.650. The largest absolute Gasteiger partial charge is 0.390 e. The summed E-state index contributed by atoms with van der Waals surface area (Å²) in [6.45, 7) is 0.446. The Morgan fingerprint density at radius 3 is 2.46 bits per heavy atom. The first kappa shape index (κ1) is 16.1. The number of hydrogen-bond acceptors (Lipinski definition) is 2. The van der Waals surface area contributed by atoms with E-state index >= 15 is 0 Å². The van der Waals surface area contributed by atoms with Gasteiger partial charge in [-0.15, -0.1) is 0 Å². The third kappa shape index (κ3) is 3.21. The molecule has 2 N–H and O–H groups in total. The first-order valence-electron chi connectivity index (χ1n) is 9.17. The van der Waals surface area contributed by atoms with Gasteiger partial charge >= 0.3 is 0 Å². The Morgan fingerprint density at radius 1 is 1.17 bits per heavy atom. The predicted molar refractivity (Wildman–Crippen MR) is 89.5 cm³/mol. The molecule has 0 saturated heterocycles. The van der Waals surface area contributed by atoms with Crippen LogP contribution in [0.25, 0.3) is 0 Å². The van der Waals surface area contributed by atoms with Crippen molar-refractivity contribution in [3.8, 4) is 0 Å². The molecule has 4 fully saturated rings. The average Bonchev–Trinajstić information content (AvgIpc) is 2.50.